The number of esters is 1. The number of carbonyl (C=O) groups is 2. The van der Waals surface area contributed by atoms with Crippen molar-refractivity contribution in [1.29, 1.82) is 0 Å². The van der Waals surface area contributed by atoms with Crippen molar-refractivity contribution < 1.29 is 19.1 Å². The Morgan fingerprint density at radius 1 is 1.11 bits per heavy atom. The molecule has 0 saturated heterocycles. The van der Waals surface area contributed by atoms with E-state index in [0.29, 0.717) is 24.8 Å². The summed E-state index contributed by atoms with van der Waals surface area (Å²) in [7, 11) is 1.28. The van der Waals surface area contributed by atoms with Crippen LogP contribution in [-0.4, -0.2) is 55.7 Å². The summed E-state index contributed by atoms with van der Waals surface area (Å²) < 4.78 is 10.0. The van der Waals surface area contributed by atoms with Gasteiger partial charge in [0.25, 0.3) is 0 Å². The van der Waals surface area contributed by atoms with E-state index in [9.17, 15) is 9.59 Å². The number of benzene rings is 1. The third kappa shape index (κ3) is 8.71. The van der Waals surface area contributed by atoms with Gasteiger partial charge in [0.1, 0.15) is 11.6 Å². The van der Waals surface area contributed by atoms with Crippen molar-refractivity contribution in [2.75, 3.05) is 36.9 Å². The zero-order valence-electron chi connectivity index (χ0n) is 16.3. The Labute approximate surface area is 171 Å². The lowest BCUT2D eigenvalue weighted by Gasteiger charge is -2.24. The van der Waals surface area contributed by atoms with Gasteiger partial charge in [-0.3, -0.25) is 0 Å². The van der Waals surface area contributed by atoms with Crippen LogP contribution in [0, 0.1) is 0 Å². The van der Waals surface area contributed by atoms with E-state index in [-0.39, 0.29) is 6.42 Å². The average molecular weight is 419 g/mol. The van der Waals surface area contributed by atoms with Crippen LogP contribution in [0.3, 0.4) is 0 Å². The molecule has 0 aromatic heterocycles. The molecule has 152 valence electrons. The number of alkyl halides is 2. The standard InChI is InChI=1S/C19H28Cl2N2O4/c1-19(2,3)27-18(25)22-16(17(24)26-4)13-14-5-7-15(8-6-14)23(11-9-20)12-10-21/h5-8,16H,9-13H2,1-4H3,(H,22,25)/t16-/m0/s1. The maximum atomic E-state index is 12.0. The first kappa shape index (κ1) is 23.4. The molecule has 0 unspecified atom stereocenters. The maximum absolute atomic E-state index is 12.0. The monoisotopic (exact) mass is 418 g/mol. The Morgan fingerprint density at radius 3 is 2.11 bits per heavy atom. The predicted molar refractivity (Wildman–Crippen MR) is 109 cm³/mol. The molecule has 0 bridgehead atoms. The number of rotatable bonds is 9. The molecule has 0 spiro atoms. The van der Waals surface area contributed by atoms with Crippen LogP contribution in [-0.2, 0) is 20.7 Å². The highest BCUT2D eigenvalue weighted by Gasteiger charge is 2.25. The van der Waals surface area contributed by atoms with Gasteiger partial charge in [-0.1, -0.05) is 12.1 Å². The first-order chi connectivity index (χ1) is 12.7. The van der Waals surface area contributed by atoms with Gasteiger partial charge < -0.3 is 19.7 Å². The number of amides is 1. The fourth-order valence-electron chi connectivity index (χ4n) is 2.44. The predicted octanol–water partition coefficient (Wildman–Crippen LogP) is 3.58. The molecular formula is C19H28Cl2N2O4. The molecule has 0 aliphatic carbocycles. The van der Waals surface area contributed by atoms with Crippen LogP contribution in [0.5, 0.6) is 0 Å². The number of nitrogens with zero attached hydrogens (tertiary/aromatic N) is 1. The smallest absolute Gasteiger partial charge is 0.408 e. The summed E-state index contributed by atoms with van der Waals surface area (Å²) in [6, 6.07) is 6.85. The van der Waals surface area contributed by atoms with Crippen molar-refractivity contribution in [3.8, 4) is 0 Å². The average Bonchev–Trinajstić information content (AvgIpc) is 2.59. The molecule has 0 saturated carbocycles. The Bertz CT molecular complexity index is 597. The third-order valence-corrected chi connectivity index (χ3v) is 3.96. The summed E-state index contributed by atoms with van der Waals surface area (Å²) in [6.45, 7) is 6.65. The number of alkyl carbamates (subject to hydrolysis) is 1. The van der Waals surface area contributed by atoms with Crippen LogP contribution in [0.25, 0.3) is 0 Å². The highest BCUT2D eigenvalue weighted by atomic mass is 35.5. The molecule has 0 radical (unpaired) electrons. The molecule has 1 N–H and O–H groups in total. The lowest BCUT2D eigenvalue weighted by Crippen LogP contribution is -2.45. The number of anilines is 1. The maximum Gasteiger partial charge on any atom is 0.408 e. The third-order valence-electron chi connectivity index (χ3n) is 3.63. The molecule has 0 heterocycles. The highest BCUT2D eigenvalue weighted by Crippen LogP contribution is 2.17. The second-order valence-corrected chi connectivity index (χ2v) is 7.71. The second kappa shape index (κ2) is 11.2. The van der Waals surface area contributed by atoms with E-state index in [1.54, 1.807) is 20.8 Å². The van der Waals surface area contributed by atoms with Gasteiger partial charge >= 0.3 is 12.1 Å². The highest BCUT2D eigenvalue weighted by molar-refractivity contribution is 6.18. The second-order valence-electron chi connectivity index (χ2n) is 6.96. The summed E-state index contributed by atoms with van der Waals surface area (Å²) in [6.07, 6.45) is -0.373. The quantitative estimate of drug-likeness (QED) is 0.490. The number of halogens is 2. The topological polar surface area (TPSA) is 67.9 Å². The van der Waals surface area contributed by atoms with Crippen LogP contribution in [0.15, 0.2) is 24.3 Å². The molecule has 27 heavy (non-hydrogen) atoms. The molecule has 0 fully saturated rings. The van der Waals surface area contributed by atoms with E-state index < -0.39 is 23.7 Å². The Morgan fingerprint density at radius 2 is 1.67 bits per heavy atom. The molecule has 6 nitrogen and oxygen atoms in total. The van der Waals surface area contributed by atoms with Gasteiger partial charge in [0.05, 0.1) is 7.11 Å². The van der Waals surface area contributed by atoms with Gasteiger partial charge in [-0.25, -0.2) is 9.59 Å². The van der Waals surface area contributed by atoms with Gasteiger partial charge in [-0.05, 0) is 38.5 Å². The van der Waals surface area contributed by atoms with Crippen LogP contribution >= 0.6 is 23.2 Å². The number of carbonyl (C=O) groups excluding carboxylic acids is 2. The zero-order valence-corrected chi connectivity index (χ0v) is 17.8. The first-order valence-corrected chi connectivity index (χ1v) is 9.80. The van der Waals surface area contributed by atoms with Crippen molar-refractivity contribution in [2.24, 2.45) is 0 Å². The molecule has 1 aromatic rings. The normalized spacial score (nSPS) is 12.2. The van der Waals surface area contributed by atoms with Crippen molar-refractivity contribution in [3.05, 3.63) is 29.8 Å². The number of nitrogens with one attached hydrogen (secondary N) is 1. The molecule has 1 aromatic carbocycles. The molecule has 0 aliphatic rings. The summed E-state index contributed by atoms with van der Waals surface area (Å²) in [5.74, 6) is 0.474. The number of hydrogen-bond acceptors (Lipinski definition) is 5. The fraction of sp³-hybridized carbons (Fsp3) is 0.579. The zero-order chi connectivity index (χ0) is 20.4. The molecular weight excluding hydrogens is 391 g/mol. The Hall–Kier alpha value is -1.66. The van der Waals surface area contributed by atoms with E-state index in [1.165, 1.54) is 7.11 Å². The molecule has 8 heteroatoms. The van der Waals surface area contributed by atoms with Crippen LogP contribution < -0.4 is 10.2 Å². The summed E-state index contributed by atoms with van der Waals surface area (Å²) in [5, 5.41) is 2.57. The van der Waals surface area contributed by atoms with Gasteiger partial charge in [-0.15, -0.1) is 23.2 Å². The van der Waals surface area contributed by atoms with Crippen LogP contribution in [0.1, 0.15) is 26.3 Å². The molecule has 0 aliphatic heterocycles. The minimum atomic E-state index is -0.836. The van der Waals surface area contributed by atoms with E-state index in [1.807, 2.05) is 24.3 Å². The number of methoxy groups -OCH3 is 1. The van der Waals surface area contributed by atoms with E-state index in [2.05, 4.69) is 10.2 Å². The molecule has 1 atom stereocenters. The minimum absolute atomic E-state index is 0.289. The van der Waals surface area contributed by atoms with E-state index in [4.69, 9.17) is 32.7 Å². The van der Waals surface area contributed by atoms with Crippen molar-refractivity contribution in [2.45, 2.75) is 38.8 Å². The van der Waals surface area contributed by atoms with Gasteiger partial charge in [0, 0.05) is 37.0 Å². The lowest BCUT2D eigenvalue weighted by molar-refractivity contribution is -0.143. The first-order valence-electron chi connectivity index (χ1n) is 8.73. The lowest BCUT2D eigenvalue weighted by atomic mass is 10.1. The van der Waals surface area contributed by atoms with Gasteiger partial charge in [0.2, 0.25) is 0 Å². The SMILES string of the molecule is COC(=O)[C@H](Cc1ccc(N(CCCl)CCCl)cc1)NC(=O)OC(C)(C)C. The molecule has 1 rings (SSSR count). The largest absolute Gasteiger partial charge is 0.467 e. The van der Waals surface area contributed by atoms with Crippen molar-refractivity contribution in [1.82, 2.24) is 5.32 Å². The van der Waals surface area contributed by atoms with Crippen LogP contribution in [0.4, 0.5) is 10.5 Å². The van der Waals surface area contributed by atoms with Gasteiger partial charge in [-0.2, -0.15) is 0 Å². The number of ether oxygens (including phenoxy) is 2. The number of hydrogen-bond donors (Lipinski definition) is 1. The van der Waals surface area contributed by atoms with E-state index in [0.717, 1.165) is 11.3 Å². The minimum Gasteiger partial charge on any atom is -0.467 e. The Balaban J connectivity index is 2.83. The fourth-order valence-corrected chi connectivity index (χ4v) is 2.85. The van der Waals surface area contributed by atoms with E-state index >= 15 is 0 Å². The van der Waals surface area contributed by atoms with Gasteiger partial charge in [0.15, 0.2) is 0 Å². The Kier molecular flexibility index (Phi) is 9.74. The summed E-state index contributed by atoms with van der Waals surface area (Å²) >= 11 is 11.7. The summed E-state index contributed by atoms with van der Waals surface area (Å²) in [5.41, 5.74) is 1.22. The van der Waals surface area contributed by atoms with Crippen molar-refractivity contribution in [3.63, 3.8) is 0 Å². The summed E-state index contributed by atoms with van der Waals surface area (Å²) in [4.78, 5) is 26.1. The van der Waals surface area contributed by atoms with Crippen LogP contribution in [0.2, 0.25) is 0 Å². The van der Waals surface area contributed by atoms with Crippen molar-refractivity contribution >= 4 is 41.0 Å². The molecule has 1 amide bonds.